The Hall–Kier alpha value is -2.32. The molecule has 4 amide bonds. The van der Waals surface area contributed by atoms with Crippen LogP contribution in [0.15, 0.2) is 24.5 Å². The number of urea groups is 1. The third-order valence-electron chi connectivity index (χ3n) is 4.39. The van der Waals surface area contributed by atoms with Crippen LogP contribution in [0.5, 0.6) is 0 Å². The molecule has 0 aliphatic carbocycles. The lowest BCUT2D eigenvalue weighted by Crippen LogP contribution is -2.77. The van der Waals surface area contributed by atoms with Gasteiger partial charge in [0.25, 0.3) is 0 Å². The number of hydroxylamine groups is 3. The number of imide groups is 2. The van der Waals surface area contributed by atoms with Gasteiger partial charge in [0, 0.05) is 18.0 Å². The smallest absolute Gasteiger partial charge is 0.271 e. The van der Waals surface area contributed by atoms with Crippen molar-refractivity contribution in [3.05, 3.63) is 30.1 Å². The highest BCUT2D eigenvalue weighted by Gasteiger charge is 2.67. The maximum absolute atomic E-state index is 12.7. The third kappa shape index (κ3) is 1.92. The van der Waals surface area contributed by atoms with Crippen molar-refractivity contribution >= 4 is 17.8 Å². The van der Waals surface area contributed by atoms with Gasteiger partial charge in [0.15, 0.2) is 0 Å². The molecular weight excluding hydrogens is 288 g/mol. The molecule has 1 aromatic rings. The molecule has 0 unspecified atom stereocenters. The number of aromatic nitrogens is 1. The first-order chi connectivity index (χ1) is 10.5. The van der Waals surface area contributed by atoms with E-state index in [1.54, 1.807) is 0 Å². The van der Waals surface area contributed by atoms with E-state index in [-0.39, 0.29) is 13.1 Å². The molecule has 3 N–H and O–H groups in total. The monoisotopic (exact) mass is 305 g/mol. The van der Waals surface area contributed by atoms with Crippen LogP contribution in [0.3, 0.4) is 0 Å². The van der Waals surface area contributed by atoms with E-state index in [9.17, 15) is 19.6 Å². The van der Waals surface area contributed by atoms with Crippen molar-refractivity contribution < 1.29 is 24.2 Å². The first-order valence-electron chi connectivity index (χ1n) is 7.18. The van der Waals surface area contributed by atoms with Crippen LogP contribution in [-0.2, 0) is 15.1 Å². The van der Waals surface area contributed by atoms with E-state index >= 15 is 0 Å². The number of carbonyl (C=O) groups excluding carboxylic acids is 3. The number of barbiturate groups is 1. The molecule has 3 rings (SSSR count). The molecule has 8 heteroatoms. The largest absolute Gasteiger partial charge is 0.328 e. The summed E-state index contributed by atoms with van der Waals surface area (Å²) in [5.74, 6) is -1.62. The van der Waals surface area contributed by atoms with Crippen molar-refractivity contribution in [3.8, 4) is 0 Å². The second-order valence-electron chi connectivity index (χ2n) is 5.61. The fourth-order valence-electron chi connectivity index (χ4n) is 3.37. The van der Waals surface area contributed by atoms with E-state index in [2.05, 4.69) is 15.6 Å². The molecule has 1 aromatic heterocycles. The van der Waals surface area contributed by atoms with Gasteiger partial charge in [-0.2, -0.15) is 4.65 Å². The summed E-state index contributed by atoms with van der Waals surface area (Å²) in [7, 11) is 0. The predicted octanol–water partition coefficient (Wildman–Crippen LogP) is 0.0328. The molecule has 0 saturated carbocycles. The second kappa shape index (κ2) is 5.15. The Morgan fingerprint density at radius 3 is 2.09 bits per heavy atom. The lowest BCUT2D eigenvalue weighted by Gasteiger charge is -2.47. The van der Waals surface area contributed by atoms with Crippen molar-refractivity contribution in [1.82, 2.24) is 15.6 Å². The third-order valence-corrected chi connectivity index (χ3v) is 4.39. The summed E-state index contributed by atoms with van der Waals surface area (Å²) in [5, 5.41) is 15.3. The van der Waals surface area contributed by atoms with Gasteiger partial charge in [-0.1, -0.05) is 0 Å². The molecule has 2 saturated heterocycles. The lowest BCUT2D eigenvalue weighted by molar-refractivity contribution is -1.13. The highest BCUT2D eigenvalue weighted by Crippen LogP contribution is 2.38. The van der Waals surface area contributed by atoms with E-state index < -0.39 is 28.0 Å². The van der Waals surface area contributed by atoms with Crippen molar-refractivity contribution in [2.75, 3.05) is 13.1 Å². The number of hydrogen-bond donors (Lipinski definition) is 3. The summed E-state index contributed by atoms with van der Waals surface area (Å²) in [6.07, 6.45) is 5.21. The van der Waals surface area contributed by atoms with Crippen molar-refractivity contribution in [2.24, 2.45) is 0 Å². The zero-order valence-electron chi connectivity index (χ0n) is 11.9. The van der Waals surface area contributed by atoms with E-state index in [1.165, 1.54) is 24.5 Å². The van der Waals surface area contributed by atoms with Crippen LogP contribution < -0.4 is 10.6 Å². The molecule has 116 valence electrons. The highest BCUT2D eigenvalue weighted by atomic mass is 16.6. The number of piperidine rings is 1. The lowest BCUT2D eigenvalue weighted by atomic mass is 9.83. The van der Waals surface area contributed by atoms with Gasteiger partial charge < -0.3 is 0 Å². The normalized spacial score (nSPS) is 23.6. The number of nitrogens with one attached hydrogen (secondary N) is 2. The summed E-state index contributed by atoms with van der Waals surface area (Å²) >= 11 is 0. The first-order valence-corrected chi connectivity index (χ1v) is 7.18. The molecule has 2 aliphatic rings. The fraction of sp³-hybridized carbons (Fsp3) is 0.429. The summed E-state index contributed by atoms with van der Waals surface area (Å²) in [4.78, 5) is 40.6. The van der Waals surface area contributed by atoms with E-state index in [0.717, 1.165) is 6.42 Å². The number of carbonyl (C=O) groups is 3. The van der Waals surface area contributed by atoms with Crippen molar-refractivity contribution in [1.29, 1.82) is 0 Å². The van der Waals surface area contributed by atoms with Crippen LogP contribution >= 0.6 is 0 Å². The molecule has 0 radical (unpaired) electrons. The number of nitrogens with zero attached hydrogens (tertiary/aromatic N) is 2. The number of quaternary nitrogens is 1. The molecule has 0 atom stereocenters. The molecule has 8 nitrogen and oxygen atoms in total. The maximum Gasteiger partial charge on any atom is 0.328 e. The number of amides is 4. The Kier molecular flexibility index (Phi) is 3.42. The number of rotatable bonds is 2. The SMILES string of the molecule is O=C1NC(=O)C(c2ccncc2)([N+]2(O)CCCCC2)C(=O)N1. The Bertz CT molecular complexity index is 605. The minimum absolute atomic E-state index is 0.261. The van der Waals surface area contributed by atoms with Crippen LogP contribution in [0.25, 0.3) is 0 Å². The molecule has 2 fully saturated rings. The van der Waals surface area contributed by atoms with Gasteiger partial charge in [-0.3, -0.25) is 25.2 Å². The molecule has 2 aliphatic heterocycles. The second-order valence-corrected chi connectivity index (χ2v) is 5.61. The van der Waals surface area contributed by atoms with E-state index in [0.29, 0.717) is 18.4 Å². The van der Waals surface area contributed by atoms with Gasteiger partial charge in [-0.15, -0.1) is 0 Å². The Balaban J connectivity index is 2.20. The number of likely N-dealkylation sites (tertiary alicyclic amines) is 1. The van der Waals surface area contributed by atoms with E-state index in [1.807, 2.05) is 0 Å². The van der Waals surface area contributed by atoms with Gasteiger partial charge in [0.2, 0.25) is 0 Å². The molecule has 0 spiro atoms. The van der Waals surface area contributed by atoms with E-state index in [4.69, 9.17) is 0 Å². The Morgan fingerprint density at radius 2 is 1.55 bits per heavy atom. The highest BCUT2D eigenvalue weighted by molar-refractivity contribution is 6.21. The quantitative estimate of drug-likeness (QED) is 0.528. The zero-order valence-corrected chi connectivity index (χ0v) is 11.9. The topological polar surface area (TPSA) is 108 Å². The summed E-state index contributed by atoms with van der Waals surface area (Å²) in [6.45, 7) is 0.523. The van der Waals surface area contributed by atoms with Crippen LogP contribution in [0.1, 0.15) is 24.8 Å². The van der Waals surface area contributed by atoms with Gasteiger partial charge in [-0.25, -0.2) is 10.0 Å². The van der Waals surface area contributed by atoms with Crippen molar-refractivity contribution in [2.45, 2.75) is 24.8 Å². The molecule has 0 bridgehead atoms. The van der Waals surface area contributed by atoms with Gasteiger partial charge in [-0.05, 0) is 31.4 Å². The standard InChI is InChI=1S/C14H16N4O4/c19-11-14(10-4-6-15-7-5-10,12(20)17-13(21)16-11)18(22)8-2-1-3-9-18/h4-7,22H,1-3,8-9H2,(H-,16,17,19,20,21)/p+1. The van der Waals surface area contributed by atoms with Gasteiger partial charge >= 0.3 is 23.4 Å². The Labute approximate surface area is 126 Å². The van der Waals surface area contributed by atoms with Crippen LogP contribution in [0, 0.1) is 0 Å². The fourth-order valence-corrected chi connectivity index (χ4v) is 3.37. The predicted molar refractivity (Wildman–Crippen MR) is 73.2 cm³/mol. The van der Waals surface area contributed by atoms with Crippen LogP contribution in [0.4, 0.5) is 4.79 Å². The summed E-state index contributed by atoms with van der Waals surface area (Å²) in [5.41, 5.74) is -1.58. The van der Waals surface area contributed by atoms with Crippen LogP contribution in [0.2, 0.25) is 0 Å². The Morgan fingerprint density at radius 1 is 1.00 bits per heavy atom. The van der Waals surface area contributed by atoms with Crippen molar-refractivity contribution in [3.63, 3.8) is 0 Å². The van der Waals surface area contributed by atoms with Gasteiger partial charge in [0.1, 0.15) is 13.1 Å². The maximum atomic E-state index is 12.7. The number of pyridine rings is 1. The summed E-state index contributed by atoms with van der Waals surface area (Å²) < 4.78 is -0.734. The summed E-state index contributed by atoms with van der Waals surface area (Å²) in [6, 6.07) is 2.16. The number of hydrogen-bond acceptors (Lipinski definition) is 5. The van der Waals surface area contributed by atoms with Crippen LogP contribution in [-0.4, -0.2) is 45.8 Å². The molecule has 22 heavy (non-hydrogen) atoms. The molecule has 3 heterocycles. The van der Waals surface area contributed by atoms with Gasteiger partial charge in [0.05, 0.1) is 0 Å². The molecular formula is C14H17N4O4+. The minimum atomic E-state index is -1.89. The zero-order chi connectivity index (χ0) is 15.8. The minimum Gasteiger partial charge on any atom is -0.271 e. The first kappa shape index (κ1) is 14.6. The molecule has 0 aromatic carbocycles. The average Bonchev–Trinajstić information content (AvgIpc) is 2.48. The average molecular weight is 305 g/mol.